The smallest absolute Gasteiger partial charge is 0.134 e. The lowest BCUT2D eigenvalue weighted by Crippen LogP contribution is -2.09. The van der Waals surface area contributed by atoms with Gasteiger partial charge < -0.3 is 14.6 Å². The van der Waals surface area contributed by atoms with Crippen molar-refractivity contribution >= 4 is 5.78 Å². The van der Waals surface area contributed by atoms with Crippen LogP contribution in [0, 0.1) is 0 Å². The molecule has 0 rings (SSSR count). The van der Waals surface area contributed by atoms with Crippen molar-refractivity contribution in [2.24, 2.45) is 0 Å². The van der Waals surface area contributed by atoms with Gasteiger partial charge in [0.2, 0.25) is 0 Å². The molecule has 0 heterocycles. The summed E-state index contributed by atoms with van der Waals surface area (Å²) in [7, 11) is 0. The quantitative estimate of drug-likeness (QED) is 0.534. The molecule has 0 atom stereocenters. The van der Waals surface area contributed by atoms with Crippen LogP contribution in [0.1, 0.15) is 19.8 Å². The summed E-state index contributed by atoms with van der Waals surface area (Å²) in [6.45, 7) is 3.64. The van der Waals surface area contributed by atoms with Crippen molar-refractivity contribution in [2.75, 3.05) is 33.0 Å². The predicted octanol–water partition coefficient (Wildman–Crippen LogP) is 0.381. The Balaban J connectivity index is 2.95. The Morgan fingerprint density at radius 1 is 1.15 bits per heavy atom. The van der Waals surface area contributed by atoms with Crippen LogP contribution < -0.4 is 0 Å². The van der Waals surface area contributed by atoms with Gasteiger partial charge in [-0.1, -0.05) is 6.92 Å². The Bertz CT molecular complexity index is 125. The largest absolute Gasteiger partial charge is 0.394 e. The second kappa shape index (κ2) is 9.64. The normalized spacial score (nSPS) is 10.3. The van der Waals surface area contributed by atoms with Gasteiger partial charge in [-0.3, -0.25) is 4.79 Å². The predicted molar refractivity (Wildman–Crippen MR) is 48.6 cm³/mol. The molecule has 4 nitrogen and oxygen atoms in total. The average Bonchev–Trinajstić information content (AvgIpc) is 2.16. The van der Waals surface area contributed by atoms with Crippen molar-refractivity contribution < 1.29 is 19.4 Å². The first-order valence-electron chi connectivity index (χ1n) is 4.59. The third-order valence-electron chi connectivity index (χ3n) is 1.53. The van der Waals surface area contributed by atoms with Crippen molar-refractivity contribution in [3.63, 3.8) is 0 Å². The van der Waals surface area contributed by atoms with Crippen LogP contribution in [0.3, 0.4) is 0 Å². The Hall–Kier alpha value is -0.450. The number of carbonyl (C=O) groups is 1. The lowest BCUT2D eigenvalue weighted by Gasteiger charge is -2.03. The molecule has 0 aromatic heterocycles. The lowest BCUT2D eigenvalue weighted by molar-refractivity contribution is -0.119. The van der Waals surface area contributed by atoms with E-state index in [0.29, 0.717) is 39.3 Å². The van der Waals surface area contributed by atoms with E-state index in [9.17, 15) is 4.79 Å². The molecule has 0 saturated heterocycles. The van der Waals surface area contributed by atoms with Gasteiger partial charge in [-0.2, -0.15) is 0 Å². The molecule has 78 valence electrons. The van der Waals surface area contributed by atoms with E-state index in [1.54, 1.807) is 0 Å². The summed E-state index contributed by atoms with van der Waals surface area (Å²) in [4.78, 5) is 10.8. The minimum Gasteiger partial charge on any atom is -0.394 e. The van der Waals surface area contributed by atoms with E-state index in [1.165, 1.54) is 0 Å². The highest BCUT2D eigenvalue weighted by Crippen LogP contribution is 1.89. The molecule has 0 radical (unpaired) electrons. The summed E-state index contributed by atoms with van der Waals surface area (Å²) in [6, 6.07) is 0. The number of hydrogen-bond donors (Lipinski definition) is 1. The van der Waals surface area contributed by atoms with Crippen molar-refractivity contribution in [2.45, 2.75) is 19.8 Å². The number of ketones is 1. The number of Topliss-reactive ketones (excluding diaryl/α,β-unsaturated/α-hetero) is 1. The van der Waals surface area contributed by atoms with Crippen molar-refractivity contribution in [3.05, 3.63) is 0 Å². The molecular weight excluding hydrogens is 172 g/mol. The van der Waals surface area contributed by atoms with E-state index >= 15 is 0 Å². The molecule has 0 amide bonds. The maximum atomic E-state index is 10.8. The van der Waals surface area contributed by atoms with E-state index in [4.69, 9.17) is 14.6 Å². The molecule has 0 saturated carbocycles. The zero-order chi connectivity index (χ0) is 9.94. The van der Waals surface area contributed by atoms with Gasteiger partial charge in [0, 0.05) is 12.8 Å². The van der Waals surface area contributed by atoms with Crippen LogP contribution in [-0.2, 0) is 14.3 Å². The molecule has 0 aliphatic rings. The zero-order valence-electron chi connectivity index (χ0n) is 8.12. The monoisotopic (exact) mass is 190 g/mol. The second-order valence-corrected chi connectivity index (χ2v) is 2.59. The van der Waals surface area contributed by atoms with Crippen LogP contribution in [0.15, 0.2) is 0 Å². The van der Waals surface area contributed by atoms with Crippen LogP contribution in [0.4, 0.5) is 0 Å². The third-order valence-corrected chi connectivity index (χ3v) is 1.53. The van der Waals surface area contributed by atoms with Crippen LogP contribution in [0.5, 0.6) is 0 Å². The molecule has 0 aromatic carbocycles. The van der Waals surface area contributed by atoms with Gasteiger partial charge in [-0.15, -0.1) is 0 Å². The van der Waals surface area contributed by atoms with Crippen molar-refractivity contribution in [3.8, 4) is 0 Å². The van der Waals surface area contributed by atoms with Gasteiger partial charge >= 0.3 is 0 Å². The van der Waals surface area contributed by atoms with E-state index < -0.39 is 0 Å². The van der Waals surface area contributed by atoms with Gasteiger partial charge in [0.1, 0.15) is 5.78 Å². The van der Waals surface area contributed by atoms with Crippen LogP contribution >= 0.6 is 0 Å². The Kier molecular flexibility index (Phi) is 9.30. The highest BCUT2D eigenvalue weighted by molar-refractivity contribution is 5.78. The summed E-state index contributed by atoms with van der Waals surface area (Å²) in [5.41, 5.74) is 0. The Morgan fingerprint density at radius 2 is 1.77 bits per heavy atom. The van der Waals surface area contributed by atoms with Gasteiger partial charge in [0.25, 0.3) is 0 Å². The summed E-state index contributed by atoms with van der Waals surface area (Å²) in [6.07, 6.45) is 1.06. The van der Waals surface area contributed by atoms with Crippen LogP contribution in [0.2, 0.25) is 0 Å². The minimum atomic E-state index is 0.0360. The molecule has 0 aliphatic carbocycles. The van der Waals surface area contributed by atoms with Gasteiger partial charge in [0.05, 0.1) is 33.0 Å². The molecule has 0 spiro atoms. The lowest BCUT2D eigenvalue weighted by atomic mass is 10.2. The topological polar surface area (TPSA) is 55.8 Å². The highest BCUT2D eigenvalue weighted by atomic mass is 16.5. The van der Waals surface area contributed by atoms with E-state index in [2.05, 4.69) is 0 Å². The van der Waals surface area contributed by atoms with E-state index in [-0.39, 0.29) is 12.4 Å². The first-order chi connectivity index (χ1) is 6.31. The summed E-state index contributed by atoms with van der Waals surface area (Å²) in [5.74, 6) is 0.219. The van der Waals surface area contributed by atoms with E-state index in [0.717, 1.165) is 0 Å². The highest BCUT2D eigenvalue weighted by Gasteiger charge is 1.97. The number of rotatable bonds is 9. The molecule has 0 bridgehead atoms. The fourth-order valence-corrected chi connectivity index (χ4v) is 0.749. The van der Waals surface area contributed by atoms with Crippen LogP contribution in [0.25, 0.3) is 0 Å². The summed E-state index contributed by atoms with van der Waals surface area (Å²) in [5, 5.41) is 8.36. The molecule has 0 fully saturated rings. The van der Waals surface area contributed by atoms with Gasteiger partial charge in [-0.25, -0.2) is 0 Å². The fourth-order valence-electron chi connectivity index (χ4n) is 0.749. The SMILES string of the molecule is CCC(=O)CCOCCOCCO. The van der Waals surface area contributed by atoms with Crippen molar-refractivity contribution in [1.29, 1.82) is 0 Å². The number of hydrogen-bond acceptors (Lipinski definition) is 4. The van der Waals surface area contributed by atoms with Crippen molar-refractivity contribution in [1.82, 2.24) is 0 Å². The molecule has 1 N–H and O–H groups in total. The third kappa shape index (κ3) is 9.46. The van der Waals surface area contributed by atoms with Crippen LogP contribution in [-0.4, -0.2) is 43.9 Å². The number of aliphatic hydroxyl groups excluding tert-OH is 1. The first-order valence-corrected chi connectivity index (χ1v) is 4.59. The molecule has 13 heavy (non-hydrogen) atoms. The Morgan fingerprint density at radius 3 is 2.31 bits per heavy atom. The summed E-state index contributed by atoms with van der Waals surface area (Å²) < 4.78 is 10.1. The Labute approximate surface area is 78.8 Å². The molecule has 0 unspecified atom stereocenters. The van der Waals surface area contributed by atoms with E-state index in [1.807, 2.05) is 6.92 Å². The maximum Gasteiger partial charge on any atom is 0.134 e. The minimum absolute atomic E-state index is 0.0360. The van der Waals surface area contributed by atoms with Gasteiger partial charge in [0.15, 0.2) is 0 Å². The summed E-state index contributed by atoms with van der Waals surface area (Å²) >= 11 is 0. The fraction of sp³-hybridized carbons (Fsp3) is 0.889. The van der Waals surface area contributed by atoms with Gasteiger partial charge in [-0.05, 0) is 0 Å². The molecular formula is C9H18O4. The zero-order valence-corrected chi connectivity index (χ0v) is 8.12. The maximum absolute atomic E-state index is 10.8. The molecule has 0 aromatic rings. The number of carbonyl (C=O) groups excluding carboxylic acids is 1. The number of ether oxygens (including phenoxy) is 2. The number of aliphatic hydroxyl groups is 1. The standard InChI is InChI=1S/C9H18O4/c1-2-9(11)3-5-12-7-8-13-6-4-10/h10H,2-8H2,1H3. The first kappa shape index (κ1) is 12.6. The molecule has 4 heteroatoms. The second-order valence-electron chi connectivity index (χ2n) is 2.59. The molecule has 0 aliphatic heterocycles. The average molecular weight is 190 g/mol.